The molecule has 0 bridgehead atoms. The Kier molecular flexibility index (Phi) is 4.28. The Balaban J connectivity index is 2.35. The summed E-state index contributed by atoms with van der Waals surface area (Å²) >= 11 is 1.55. The van der Waals surface area contributed by atoms with E-state index in [1.54, 1.807) is 19.1 Å². The molecule has 2 rings (SSSR count). The minimum Gasteiger partial charge on any atom is -0.497 e. The minimum atomic E-state index is -0.418. The van der Waals surface area contributed by atoms with Crippen LogP contribution in [0.5, 0.6) is 5.75 Å². The zero-order chi connectivity index (χ0) is 15.0. The highest BCUT2D eigenvalue weighted by Crippen LogP contribution is 2.37. The molecule has 20 heavy (non-hydrogen) atoms. The van der Waals surface area contributed by atoms with Crippen LogP contribution in [0.2, 0.25) is 0 Å². The molecule has 1 heterocycles. The third-order valence-electron chi connectivity index (χ3n) is 3.96. The van der Waals surface area contributed by atoms with Crippen LogP contribution in [-0.2, 0) is 9.31 Å². The number of anilines is 1. The third-order valence-corrected chi connectivity index (χ3v) is 4.40. The summed E-state index contributed by atoms with van der Waals surface area (Å²) in [5, 5.41) is 0. The van der Waals surface area contributed by atoms with Gasteiger partial charge in [-0.05, 0) is 45.9 Å². The van der Waals surface area contributed by atoms with Crippen LogP contribution in [0.25, 0.3) is 0 Å². The molecule has 0 aliphatic carbocycles. The van der Waals surface area contributed by atoms with E-state index < -0.39 is 7.12 Å². The van der Waals surface area contributed by atoms with Crippen molar-refractivity contribution in [3.8, 4) is 5.75 Å². The zero-order valence-corrected chi connectivity index (χ0v) is 13.8. The summed E-state index contributed by atoms with van der Waals surface area (Å²) in [5.74, 6) is 0.773. The highest BCUT2D eigenvalue weighted by atomic mass is 32.2. The maximum absolute atomic E-state index is 6.09. The molecule has 0 radical (unpaired) electrons. The lowest BCUT2D eigenvalue weighted by molar-refractivity contribution is 0.00578. The molecular weight excluding hydrogens is 273 g/mol. The maximum atomic E-state index is 6.09. The summed E-state index contributed by atoms with van der Waals surface area (Å²) in [6.07, 6.45) is 1.98. The van der Waals surface area contributed by atoms with Gasteiger partial charge in [0.15, 0.2) is 0 Å². The minimum absolute atomic E-state index is 0.356. The molecule has 1 aliphatic heterocycles. The molecule has 0 spiro atoms. The van der Waals surface area contributed by atoms with Crippen LogP contribution in [0.15, 0.2) is 18.2 Å². The molecule has 4 nitrogen and oxygen atoms in total. The Bertz CT molecular complexity index is 477. The standard InChI is InChI=1S/C14H22BNO3S/c1-13(2)14(3,4)19-15(18-13)11-9-10(16-20-6)7-8-12(11)17-5/h7-9,16H,1-6H3. The number of hydrogen-bond acceptors (Lipinski definition) is 5. The number of benzene rings is 1. The SMILES string of the molecule is COc1ccc(NSC)cc1B1OC(C)(C)C(C)(C)O1. The van der Waals surface area contributed by atoms with E-state index in [0.717, 1.165) is 16.9 Å². The number of rotatable bonds is 4. The van der Waals surface area contributed by atoms with E-state index in [1.165, 1.54) is 0 Å². The lowest BCUT2D eigenvalue weighted by Crippen LogP contribution is -2.41. The first-order chi connectivity index (χ1) is 9.30. The van der Waals surface area contributed by atoms with Gasteiger partial charge in [0.1, 0.15) is 5.75 Å². The zero-order valence-electron chi connectivity index (χ0n) is 12.9. The molecule has 1 fully saturated rings. The monoisotopic (exact) mass is 295 g/mol. The van der Waals surface area contributed by atoms with E-state index in [9.17, 15) is 0 Å². The lowest BCUT2D eigenvalue weighted by atomic mass is 9.78. The highest BCUT2D eigenvalue weighted by molar-refractivity contribution is 7.99. The van der Waals surface area contributed by atoms with Crippen LogP contribution >= 0.6 is 11.9 Å². The average molecular weight is 295 g/mol. The van der Waals surface area contributed by atoms with Crippen molar-refractivity contribution in [3.63, 3.8) is 0 Å². The van der Waals surface area contributed by atoms with Crippen molar-refractivity contribution in [2.24, 2.45) is 0 Å². The smallest absolute Gasteiger partial charge is 0.497 e. The van der Waals surface area contributed by atoms with Gasteiger partial charge in [0, 0.05) is 17.4 Å². The summed E-state index contributed by atoms with van der Waals surface area (Å²) in [6, 6.07) is 5.92. The Morgan fingerprint density at radius 2 is 1.75 bits per heavy atom. The molecule has 6 heteroatoms. The Hall–Kier alpha value is -0.845. The van der Waals surface area contributed by atoms with E-state index in [0.29, 0.717) is 0 Å². The quantitative estimate of drug-likeness (QED) is 0.683. The molecular formula is C14H22BNO3S. The van der Waals surface area contributed by atoms with Crippen LogP contribution in [0, 0.1) is 0 Å². The van der Waals surface area contributed by atoms with Gasteiger partial charge in [-0.15, -0.1) is 0 Å². The van der Waals surface area contributed by atoms with Crippen molar-refractivity contribution in [2.75, 3.05) is 18.1 Å². The molecule has 1 N–H and O–H groups in total. The molecule has 110 valence electrons. The summed E-state index contributed by atoms with van der Waals surface area (Å²) in [4.78, 5) is 0. The van der Waals surface area contributed by atoms with Gasteiger partial charge in [-0.25, -0.2) is 0 Å². The van der Waals surface area contributed by atoms with Crippen molar-refractivity contribution < 1.29 is 14.0 Å². The van der Waals surface area contributed by atoms with E-state index >= 15 is 0 Å². The van der Waals surface area contributed by atoms with Crippen molar-refractivity contribution in [3.05, 3.63) is 18.2 Å². The number of methoxy groups -OCH3 is 1. The van der Waals surface area contributed by atoms with Crippen molar-refractivity contribution in [1.29, 1.82) is 0 Å². The average Bonchev–Trinajstić information content (AvgIpc) is 2.59. The van der Waals surface area contributed by atoms with E-state index in [1.807, 2.05) is 52.1 Å². The fourth-order valence-corrected chi connectivity index (χ4v) is 2.43. The van der Waals surface area contributed by atoms with E-state index in [-0.39, 0.29) is 11.2 Å². The first kappa shape index (κ1) is 15.5. The van der Waals surface area contributed by atoms with Gasteiger partial charge in [0.25, 0.3) is 0 Å². The predicted octanol–water partition coefficient (Wildman–Crippen LogP) is 2.68. The fourth-order valence-electron chi connectivity index (χ4n) is 2.07. The summed E-state index contributed by atoms with van der Waals surface area (Å²) in [6.45, 7) is 8.18. The van der Waals surface area contributed by atoms with Gasteiger partial charge in [-0.3, -0.25) is 0 Å². The molecule has 0 atom stereocenters. The second kappa shape index (κ2) is 5.50. The number of ether oxygens (including phenoxy) is 1. The van der Waals surface area contributed by atoms with Gasteiger partial charge in [-0.1, -0.05) is 11.9 Å². The Morgan fingerprint density at radius 1 is 1.15 bits per heavy atom. The summed E-state index contributed by atoms with van der Waals surface area (Å²) in [7, 11) is 1.24. The van der Waals surface area contributed by atoms with Gasteiger partial charge in [0.05, 0.1) is 18.3 Å². The first-order valence-corrected chi connectivity index (χ1v) is 7.86. The normalized spacial score (nSPS) is 20.0. The fraction of sp³-hybridized carbons (Fsp3) is 0.571. The van der Waals surface area contributed by atoms with Gasteiger partial charge in [-0.2, -0.15) is 0 Å². The van der Waals surface area contributed by atoms with Crippen molar-refractivity contribution in [2.45, 2.75) is 38.9 Å². The van der Waals surface area contributed by atoms with E-state index in [4.69, 9.17) is 14.0 Å². The van der Waals surface area contributed by atoms with Crippen LogP contribution in [0.1, 0.15) is 27.7 Å². The molecule has 0 unspecified atom stereocenters. The number of hydrogen-bond donors (Lipinski definition) is 1. The van der Waals surface area contributed by atoms with Gasteiger partial charge in [0.2, 0.25) is 0 Å². The second-order valence-corrected chi connectivity index (χ2v) is 6.46. The first-order valence-electron chi connectivity index (χ1n) is 6.63. The summed E-state index contributed by atoms with van der Waals surface area (Å²) in [5.41, 5.74) is 1.20. The highest BCUT2D eigenvalue weighted by Gasteiger charge is 2.52. The van der Waals surface area contributed by atoms with Crippen molar-refractivity contribution in [1.82, 2.24) is 0 Å². The maximum Gasteiger partial charge on any atom is 0.498 e. The van der Waals surface area contributed by atoms with Crippen LogP contribution in [0.3, 0.4) is 0 Å². The number of nitrogens with one attached hydrogen (secondary N) is 1. The molecule has 1 aromatic carbocycles. The third kappa shape index (κ3) is 2.78. The lowest BCUT2D eigenvalue weighted by Gasteiger charge is -2.32. The Labute approximate surface area is 125 Å². The molecule has 0 saturated carbocycles. The van der Waals surface area contributed by atoms with Crippen molar-refractivity contribution >= 4 is 30.2 Å². The second-order valence-electron chi connectivity index (χ2n) is 5.85. The van der Waals surface area contributed by atoms with Gasteiger partial charge < -0.3 is 18.8 Å². The molecule has 0 amide bonds. The predicted molar refractivity (Wildman–Crippen MR) is 85.8 cm³/mol. The molecule has 1 saturated heterocycles. The molecule has 1 aliphatic rings. The van der Waals surface area contributed by atoms with Crippen LogP contribution < -0.4 is 14.9 Å². The van der Waals surface area contributed by atoms with Gasteiger partial charge >= 0.3 is 7.12 Å². The van der Waals surface area contributed by atoms with Crippen LogP contribution in [0.4, 0.5) is 5.69 Å². The largest absolute Gasteiger partial charge is 0.498 e. The summed E-state index contributed by atoms with van der Waals surface area (Å²) < 4.78 is 20.8. The Morgan fingerprint density at radius 3 is 2.25 bits per heavy atom. The molecule has 1 aromatic rings. The topological polar surface area (TPSA) is 39.7 Å². The van der Waals surface area contributed by atoms with Crippen LogP contribution in [-0.4, -0.2) is 31.7 Å². The van der Waals surface area contributed by atoms with E-state index in [2.05, 4.69) is 4.72 Å². The molecule has 0 aromatic heterocycles.